The molecule has 0 N–H and O–H groups in total. The van der Waals surface area contributed by atoms with Crippen molar-refractivity contribution in [1.82, 2.24) is 9.88 Å². The average molecular weight is 286 g/mol. The van der Waals surface area contributed by atoms with Gasteiger partial charge in [0.2, 0.25) is 0 Å². The number of morpholine rings is 1. The Morgan fingerprint density at radius 3 is 2.95 bits per heavy atom. The molecule has 21 heavy (non-hydrogen) atoms. The summed E-state index contributed by atoms with van der Waals surface area (Å²) in [5.74, 6) is 0.810. The number of hydrogen-bond donors (Lipinski definition) is 0. The van der Waals surface area contributed by atoms with Crippen molar-refractivity contribution in [3.05, 3.63) is 23.9 Å². The van der Waals surface area contributed by atoms with E-state index in [4.69, 9.17) is 10.00 Å². The summed E-state index contributed by atoms with van der Waals surface area (Å²) in [6.45, 7) is 3.35. The first kappa shape index (κ1) is 13.8. The quantitative estimate of drug-likeness (QED) is 0.803. The lowest BCUT2D eigenvalue weighted by atomic mass is 10.2. The van der Waals surface area contributed by atoms with E-state index in [1.165, 1.54) is 0 Å². The van der Waals surface area contributed by atoms with Crippen LogP contribution in [0.4, 0.5) is 5.82 Å². The van der Waals surface area contributed by atoms with Crippen LogP contribution in [0.2, 0.25) is 0 Å². The molecule has 1 unspecified atom stereocenters. The van der Waals surface area contributed by atoms with E-state index in [9.17, 15) is 4.79 Å². The van der Waals surface area contributed by atoms with Gasteiger partial charge in [-0.1, -0.05) is 0 Å². The molecule has 0 spiro atoms. The van der Waals surface area contributed by atoms with Crippen molar-refractivity contribution in [2.24, 2.45) is 0 Å². The summed E-state index contributed by atoms with van der Waals surface area (Å²) in [5, 5.41) is 8.96. The number of ether oxygens (including phenoxy) is 1. The summed E-state index contributed by atoms with van der Waals surface area (Å²) >= 11 is 0. The molecule has 6 nitrogen and oxygen atoms in total. The standard InChI is InChI=1S/C15H18N4O2/c16-10-12-3-4-17-14(9-12)19-7-8-21-13(11-19)15(20)18-5-1-2-6-18/h3-4,9,13H,1-2,5-8,11H2. The molecule has 2 aliphatic rings. The van der Waals surface area contributed by atoms with Crippen molar-refractivity contribution >= 4 is 11.7 Å². The molecule has 3 heterocycles. The number of carbonyl (C=O) groups excluding carboxylic acids is 1. The number of likely N-dealkylation sites (tertiary alicyclic amines) is 1. The van der Waals surface area contributed by atoms with E-state index in [-0.39, 0.29) is 5.91 Å². The van der Waals surface area contributed by atoms with Crippen LogP contribution < -0.4 is 4.90 Å². The Hall–Kier alpha value is -2.13. The maximum absolute atomic E-state index is 12.4. The van der Waals surface area contributed by atoms with Gasteiger partial charge in [-0.15, -0.1) is 0 Å². The number of anilines is 1. The number of carbonyl (C=O) groups is 1. The number of nitriles is 1. The fraction of sp³-hybridized carbons (Fsp3) is 0.533. The maximum Gasteiger partial charge on any atom is 0.253 e. The van der Waals surface area contributed by atoms with Crippen molar-refractivity contribution < 1.29 is 9.53 Å². The molecule has 2 aliphatic heterocycles. The minimum atomic E-state index is -0.426. The minimum Gasteiger partial charge on any atom is -0.365 e. The molecule has 1 aromatic rings. The SMILES string of the molecule is N#Cc1ccnc(N2CCOC(C(=O)N3CCCC3)C2)c1. The van der Waals surface area contributed by atoms with Crippen LogP contribution in [0.5, 0.6) is 0 Å². The first-order chi connectivity index (χ1) is 10.3. The summed E-state index contributed by atoms with van der Waals surface area (Å²) in [7, 11) is 0. The predicted octanol–water partition coefficient (Wildman–Crippen LogP) is 0.781. The third-order valence-corrected chi connectivity index (χ3v) is 3.96. The van der Waals surface area contributed by atoms with E-state index in [1.807, 2.05) is 9.80 Å². The van der Waals surface area contributed by atoms with Crippen molar-refractivity contribution in [2.45, 2.75) is 18.9 Å². The molecular formula is C15H18N4O2. The zero-order valence-corrected chi connectivity index (χ0v) is 11.9. The Balaban J connectivity index is 1.70. The molecule has 0 radical (unpaired) electrons. The summed E-state index contributed by atoms with van der Waals surface area (Å²) in [5.41, 5.74) is 0.578. The van der Waals surface area contributed by atoms with Gasteiger partial charge in [0.15, 0.2) is 6.10 Å². The highest BCUT2D eigenvalue weighted by Gasteiger charge is 2.31. The molecular weight excluding hydrogens is 268 g/mol. The Morgan fingerprint density at radius 1 is 1.38 bits per heavy atom. The number of nitrogens with zero attached hydrogens (tertiary/aromatic N) is 4. The van der Waals surface area contributed by atoms with Crippen LogP contribution in [0, 0.1) is 11.3 Å². The third kappa shape index (κ3) is 2.98. The lowest BCUT2D eigenvalue weighted by molar-refractivity contribution is -0.143. The number of pyridine rings is 1. The van der Waals surface area contributed by atoms with E-state index in [1.54, 1.807) is 18.3 Å². The number of amides is 1. The zero-order chi connectivity index (χ0) is 14.7. The first-order valence-electron chi connectivity index (χ1n) is 7.29. The second-order valence-corrected chi connectivity index (χ2v) is 5.35. The van der Waals surface area contributed by atoms with Gasteiger partial charge in [-0.2, -0.15) is 5.26 Å². The number of rotatable bonds is 2. The summed E-state index contributed by atoms with van der Waals surface area (Å²) < 4.78 is 5.63. The van der Waals surface area contributed by atoms with Gasteiger partial charge < -0.3 is 14.5 Å². The van der Waals surface area contributed by atoms with E-state index in [0.29, 0.717) is 25.3 Å². The number of hydrogen-bond acceptors (Lipinski definition) is 5. The van der Waals surface area contributed by atoms with Crippen molar-refractivity contribution in [1.29, 1.82) is 5.26 Å². The Morgan fingerprint density at radius 2 is 2.19 bits per heavy atom. The second-order valence-electron chi connectivity index (χ2n) is 5.35. The predicted molar refractivity (Wildman–Crippen MR) is 76.7 cm³/mol. The van der Waals surface area contributed by atoms with E-state index >= 15 is 0 Å². The van der Waals surface area contributed by atoms with Gasteiger partial charge >= 0.3 is 0 Å². The highest BCUT2D eigenvalue weighted by molar-refractivity contribution is 5.82. The molecule has 2 fully saturated rings. The lowest BCUT2D eigenvalue weighted by Crippen LogP contribution is -2.50. The molecule has 1 amide bonds. The van der Waals surface area contributed by atoms with E-state index < -0.39 is 6.10 Å². The van der Waals surface area contributed by atoms with Gasteiger partial charge in [0.05, 0.1) is 24.8 Å². The molecule has 0 aliphatic carbocycles. The fourth-order valence-electron chi connectivity index (χ4n) is 2.81. The molecule has 110 valence electrons. The minimum absolute atomic E-state index is 0.0774. The van der Waals surface area contributed by atoms with Crippen molar-refractivity contribution in [2.75, 3.05) is 37.7 Å². The lowest BCUT2D eigenvalue weighted by Gasteiger charge is -2.34. The van der Waals surface area contributed by atoms with Crippen LogP contribution in [-0.4, -0.2) is 54.7 Å². The topological polar surface area (TPSA) is 69.5 Å². The molecule has 1 aromatic heterocycles. The zero-order valence-electron chi connectivity index (χ0n) is 11.9. The molecule has 0 saturated carbocycles. The van der Waals surface area contributed by atoms with Gasteiger partial charge in [0, 0.05) is 25.8 Å². The van der Waals surface area contributed by atoms with Gasteiger partial charge in [0.1, 0.15) is 5.82 Å². The van der Waals surface area contributed by atoms with Gasteiger partial charge in [-0.05, 0) is 25.0 Å². The van der Waals surface area contributed by atoms with Crippen LogP contribution in [0.1, 0.15) is 18.4 Å². The van der Waals surface area contributed by atoms with Crippen LogP contribution >= 0.6 is 0 Å². The summed E-state index contributed by atoms with van der Waals surface area (Å²) in [6.07, 6.45) is 3.35. The van der Waals surface area contributed by atoms with E-state index in [0.717, 1.165) is 31.7 Å². The first-order valence-corrected chi connectivity index (χ1v) is 7.29. The third-order valence-electron chi connectivity index (χ3n) is 3.96. The molecule has 6 heteroatoms. The highest BCUT2D eigenvalue weighted by Crippen LogP contribution is 2.18. The largest absolute Gasteiger partial charge is 0.365 e. The number of aromatic nitrogens is 1. The van der Waals surface area contributed by atoms with Crippen LogP contribution in [0.25, 0.3) is 0 Å². The monoisotopic (exact) mass is 286 g/mol. The van der Waals surface area contributed by atoms with E-state index in [2.05, 4.69) is 11.1 Å². The van der Waals surface area contributed by atoms with Crippen LogP contribution in [0.15, 0.2) is 18.3 Å². The van der Waals surface area contributed by atoms with Gasteiger partial charge in [0.25, 0.3) is 5.91 Å². The Kier molecular flexibility index (Phi) is 4.02. The normalized spacial score (nSPS) is 22.1. The highest BCUT2D eigenvalue weighted by atomic mass is 16.5. The van der Waals surface area contributed by atoms with Crippen molar-refractivity contribution in [3.8, 4) is 6.07 Å². The Bertz CT molecular complexity index is 563. The van der Waals surface area contributed by atoms with Crippen molar-refractivity contribution in [3.63, 3.8) is 0 Å². The Labute approximate surface area is 123 Å². The average Bonchev–Trinajstić information content (AvgIpc) is 3.09. The fourth-order valence-corrected chi connectivity index (χ4v) is 2.81. The molecule has 0 bridgehead atoms. The molecule has 1 atom stereocenters. The maximum atomic E-state index is 12.4. The van der Waals surface area contributed by atoms with Gasteiger partial charge in [-0.25, -0.2) is 4.98 Å². The summed E-state index contributed by atoms with van der Waals surface area (Å²) in [4.78, 5) is 20.6. The smallest absolute Gasteiger partial charge is 0.253 e. The van der Waals surface area contributed by atoms with Gasteiger partial charge in [-0.3, -0.25) is 4.79 Å². The molecule has 2 saturated heterocycles. The second kappa shape index (κ2) is 6.10. The van der Waals surface area contributed by atoms with Crippen LogP contribution in [0.3, 0.4) is 0 Å². The van der Waals surface area contributed by atoms with Crippen LogP contribution in [-0.2, 0) is 9.53 Å². The molecule has 3 rings (SSSR count). The summed E-state index contributed by atoms with van der Waals surface area (Å²) in [6, 6.07) is 5.54. The molecule has 0 aromatic carbocycles.